The Labute approximate surface area is 161 Å². The molecule has 6 heteroatoms. The molecule has 1 heterocycles. The van der Waals surface area contributed by atoms with Gasteiger partial charge in [-0.1, -0.05) is 30.3 Å². The molecule has 3 aromatic carbocycles. The van der Waals surface area contributed by atoms with Crippen LogP contribution in [0.2, 0.25) is 0 Å². The van der Waals surface area contributed by atoms with Crippen LogP contribution < -0.4 is 15.0 Å². The fourth-order valence-electron chi connectivity index (χ4n) is 3.14. The van der Waals surface area contributed by atoms with E-state index < -0.39 is 11.8 Å². The number of imide groups is 1. The lowest BCUT2D eigenvalue weighted by Crippen LogP contribution is -2.29. The van der Waals surface area contributed by atoms with Gasteiger partial charge in [-0.25, -0.2) is 4.90 Å². The molecule has 0 aliphatic carbocycles. The maximum atomic E-state index is 12.7. The normalized spacial score (nSPS) is 12.7. The molecule has 0 bridgehead atoms. The van der Waals surface area contributed by atoms with Gasteiger partial charge in [0.2, 0.25) is 0 Å². The Morgan fingerprint density at radius 3 is 2.07 bits per heavy atom. The third-order valence-electron chi connectivity index (χ3n) is 4.52. The number of ether oxygens (including phenoxy) is 1. The number of hydrogen-bond acceptors (Lipinski definition) is 4. The van der Waals surface area contributed by atoms with Crippen LogP contribution in [0.4, 0.5) is 11.4 Å². The van der Waals surface area contributed by atoms with E-state index in [0.29, 0.717) is 33.8 Å². The molecule has 1 aliphatic rings. The van der Waals surface area contributed by atoms with Crippen molar-refractivity contribution in [3.8, 4) is 5.75 Å². The minimum Gasteiger partial charge on any atom is -0.495 e. The molecule has 1 aliphatic heterocycles. The summed E-state index contributed by atoms with van der Waals surface area (Å²) in [6.07, 6.45) is 0. The van der Waals surface area contributed by atoms with E-state index in [1.807, 2.05) is 6.07 Å². The Balaban J connectivity index is 1.69. The molecule has 3 aromatic rings. The first kappa shape index (κ1) is 17.5. The van der Waals surface area contributed by atoms with E-state index in [-0.39, 0.29) is 5.91 Å². The van der Waals surface area contributed by atoms with Crippen LogP contribution in [0.3, 0.4) is 0 Å². The lowest BCUT2D eigenvalue weighted by Gasteiger charge is -2.17. The molecule has 0 unspecified atom stereocenters. The Bertz CT molecular complexity index is 1060. The van der Waals surface area contributed by atoms with E-state index in [9.17, 15) is 14.4 Å². The van der Waals surface area contributed by atoms with Crippen molar-refractivity contribution in [3.63, 3.8) is 0 Å². The number of carbonyl (C=O) groups excluding carboxylic acids is 3. The number of nitrogens with one attached hydrogen (secondary N) is 1. The number of fused-ring (bicyclic) bond motifs is 1. The molecule has 28 heavy (non-hydrogen) atoms. The summed E-state index contributed by atoms with van der Waals surface area (Å²) < 4.78 is 5.31. The van der Waals surface area contributed by atoms with Gasteiger partial charge in [-0.05, 0) is 42.5 Å². The zero-order chi connectivity index (χ0) is 19.7. The van der Waals surface area contributed by atoms with Crippen LogP contribution in [-0.4, -0.2) is 24.8 Å². The predicted octanol–water partition coefficient (Wildman–Crippen LogP) is 3.75. The topological polar surface area (TPSA) is 75.7 Å². The van der Waals surface area contributed by atoms with Crippen LogP contribution in [0, 0.1) is 0 Å². The van der Waals surface area contributed by atoms with Crippen LogP contribution >= 0.6 is 0 Å². The van der Waals surface area contributed by atoms with Gasteiger partial charge in [-0.2, -0.15) is 0 Å². The lowest BCUT2D eigenvalue weighted by molar-refractivity contribution is 0.0925. The summed E-state index contributed by atoms with van der Waals surface area (Å²) in [7, 11) is 1.48. The number of carbonyl (C=O) groups is 3. The average Bonchev–Trinajstić information content (AvgIpc) is 2.99. The molecule has 0 saturated heterocycles. The average molecular weight is 372 g/mol. The smallest absolute Gasteiger partial charge is 0.266 e. The van der Waals surface area contributed by atoms with Crippen LogP contribution in [0.5, 0.6) is 5.75 Å². The van der Waals surface area contributed by atoms with Gasteiger partial charge in [0.05, 0.1) is 29.6 Å². The van der Waals surface area contributed by atoms with E-state index in [2.05, 4.69) is 5.32 Å². The summed E-state index contributed by atoms with van der Waals surface area (Å²) in [5.41, 5.74) is 1.92. The van der Waals surface area contributed by atoms with Gasteiger partial charge in [0, 0.05) is 5.56 Å². The van der Waals surface area contributed by atoms with Crippen molar-refractivity contribution in [2.75, 3.05) is 17.3 Å². The summed E-state index contributed by atoms with van der Waals surface area (Å²) >= 11 is 0. The van der Waals surface area contributed by atoms with Crippen molar-refractivity contribution in [3.05, 3.63) is 89.5 Å². The number of rotatable bonds is 4. The van der Waals surface area contributed by atoms with E-state index in [0.717, 1.165) is 4.90 Å². The molecule has 0 saturated carbocycles. The maximum Gasteiger partial charge on any atom is 0.266 e. The molecular weight excluding hydrogens is 356 g/mol. The van der Waals surface area contributed by atoms with Crippen LogP contribution in [0.25, 0.3) is 0 Å². The monoisotopic (exact) mass is 372 g/mol. The predicted molar refractivity (Wildman–Crippen MR) is 105 cm³/mol. The molecule has 138 valence electrons. The van der Waals surface area contributed by atoms with Gasteiger partial charge in [0.1, 0.15) is 5.75 Å². The molecule has 0 radical (unpaired) electrons. The summed E-state index contributed by atoms with van der Waals surface area (Å²) in [4.78, 5) is 39.0. The summed E-state index contributed by atoms with van der Waals surface area (Å²) in [6, 6.07) is 20.2. The number of amides is 3. The molecular formula is C22H16N2O4. The van der Waals surface area contributed by atoms with Crippen LogP contribution in [0.15, 0.2) is 72.8 Å². The molecule has 0 fully saturated rings. The second-order valence-electron chi connectivity index (χ2n) is 6.20. The lowest BCUT2D eigenvalue weighted by atomic mass is 10.1. The standard InChI is InChI=1S/C22H16N2O4/c1-28-19-12-11-15(13-18(19)23-20(25)14-7-3-2-4-8-14)24-21(26)16-9-5-6-10-17(16)22(24)27/h2-13H,1H3,(H,23,25). The fraction of sp³-hybridized carbons (Fsp3) is 0.0455. The first-order valence-electron chi connectivity index (χ1n) is 8.62. The van der Waals surface area contributed by atoms with Gasteiger partial charge in [-0.15, -0.1) is 0 Å². The maximum absolute atomic E-state index is 12.7. The highest BCUT2D eigenvalue weighted by molar-refractivity contribution is 6.34. The third kappa shape index (κ3) is 2.91. The van der Waals surface area contributed by atoms with E-state index in [1.54, 1.807) is 66.7 Å². The SMILES string of the molecule is COc1ccc(N2C(=O)c3ccccc3C2=O)cc1NC(=O)c1ccccc1. The summed E-state index contributed by atoms with van der Waals surface area (Å²) in [5, 5.41) is 2.78. The van der Waals surface area contributed by atoms with Crippen molar-refractivity contribution in [1.82, 2.24) is 0 Å². The molecule has 6 nitrogen and oxygen atoms in total. The Hall–Kier alpha value is -3.93. The molecule has 0 atom stereocenters. The van der Waals surface area contributed by atoms with Crippen LogP contribution in [0.1, 0.15) is 31.1 Å². The number of methoxy groups -OCH3 is 1. The number of hydrogen-bond donors (Lipinski definition) is 1. The van der Waals surface area contributed by atoms with Crippen molar-refractivity contribution in [2.45, 2.75) is 0 Å². The zero-order valence-electron chi connectivity index (χ0n) is 15.0. The van der Waals surface area contributed by atoms with E-state index >= 15 is 0 Å². The van der Waals surface area contributed by atoms with Crippen LogP contribution in [-0.2, 0) is 0 Å². The number of nitrogens with zero attached hydrogens (tertiary/aromatic N) is 1. The van der Waals surface area contributed by atoms with Gasteiger partial charge < -0.3 is 10.1 Å². The molecule has 4 rings (SSSR count). The van der Waals surface area contributed by atoms with Crippen molar-refractivity contribution in [2.24, 2.45) is 0 Å². The van der Waals surface area contributed by atoms with E-state index in [4.69, 9.17) is 4.74 Å². The number of anilines is 2. The first-order valence-corrected chi connectivity index (χ1v) is 8.62. The molecule has 3 amide bonds. The minimum absolute atomic E-state index is 0.321. The van der Waals surface area contributed by atoms with Crippen molar-refractivity contribution < 1.29 is 19.1 Å². The number of benzene rings is 3. The van der Waals surface area contributed by atoms with Gasteiger partial charge >= 0.3 is 0 Å². The Kier molecular flexibility index (Phi) is 4.37. The first-order chi connectivity index (χ1) is 13.6. The fourth-order valence-corrected chi connectivity index (χ4v) is 3.14. The second kappa shape index (κ2) is 7.00. The summed E-state index contributed by atoms with van der Waals surface area (Å²) in [6.45, 7) is 0. The Morgan fingerprint density at radius 1 is 0.857 bits per heavy atom. The zero-order valence-corrected chi connectivity index (χ0v) is 15.0. The van der Waals surface area contributed by atoms with Crippen molar-refractivity contribution >= 4 is 29.1 Å². The van der Waals surface area contributed by atoms with Gasteiger partial charge in [0.25, 0.3) is 17.7 Å². The molecule has 0 spiro atoms. The largest absolute Gasteiger partial charge is 0.495 e. The minimum atomic E-state index is -0.397. The summed E-state index contributed by atoms with van der Waals surface area (Å²) in [5.74, 6) is -0.694. The molecule has 1 N–H and O–H groups in total. The molecule has 0 aromatic heterocycles. The highest BCUT2D eigenvalue weighted by Crippen LogP contribution is 2.34. The Morgan fingerprint density at radius 2 is 1.46 bits per heavy atom. The highest BCUT2D eigenvalue weighted by atomic mass is 16.5. The van der Waals surface area contributed by atoms with Gasteiger partial charge in [0.15, 0.2) is 0 Å². The van der Waals surface area contributed by atoms with Gasteiger partial charge in [-0.3, -0.25) is 14.4 Å². The van der Waals surface area contributed by atoms with E-state index in [1.165, 1.54) is 7.11 Å². The second-order valence-corrected chi connectivity index (χ2v) is 6.20. The quantitative estimate of drug-likeness (QED) is 0.708. The third-order valence-corrected chi connectivity index (χ3v) is 4.52. The van der Waals surface area contributed by atoms with Crippen molar-refractivity contribution in [1.29, 1.82) is 0 Å². The highest BCUT2D eigenvalue weighted by Gasteiger charge is 2.36.